The molecule has 0 aliphatic carbocycles. The molecule has 0 aromatic carbocycles. The van der Waals surface area contributed by atoms with Gasteiger partial charge in [-0.1, -0.05) is 38.5 Å². The molecule has 0 spiro atoms. The minimum absolute atomic E-state index is 0.120. The van der Waals surface area contributed by atoms with Crippen LogP contribution < -0.4 is 0 Å². The molecule has 0 heterocycles. The predicted octanol–water partition coefficient (Wildman–Crippen LogP) is 3.51. The average Bonchev–Trinajstić information content (AvgIpc) is 2.15. The maximum Gasteiger partial charge on any atom is 0.0512 e. The molecule has 0 aromatic rings. The van der Waals surface area contributed by atoms with Gasteiger partial charge in [0.1, 0.15) is 0 Å². The summed E-state index contributed by atoms with van der Waals surface area (Å²) in [7, 11) is 0. The third kappa shape index (κ3) is 11.5. The third-order valence-electron chi connectivity index (χ3n) is 2.44. The molecule has 0 radical (unpaired) electrons. The summed E-state index contributed by atoms with van der Waals surface area (Å²) in [6.07, 6.45) is 15.8. The molecule has 0 saturated carbocycles. The van der Waals surface area contributed by atoms with Crippen LogP contribution in [0.5, 0.6) is 0 Å². The van der Waals surface area contributed by atoms with Gasteiger partial charge in [0.05, 0.1) is 6.10 Å². The number of aliphatic hydroxyl groups excluding tert-OH is 1. The van der Waals surface area contributed by atoms with Crippen LogP contribution in [0.15, 0.2) is 0 Å². The highest BCUT2D eigenvalue weighted by Gasteiger charge is 1.95. The second-order valence-corrected chi connectivity index (χ2v) is 4.07. The van der Waals surface area contributed by atoms with Crippen molar-refractivity contribution >= 4 is 0 Å². The van der Waals surface area contributed by atoms with Crippen LogP contribution in [0.3, 0.4) is 0 Å². The topological polar surface area (TPSA) is 20.2 Å². The van der Waals surface area contributed by atoms with E-state index in [-0.39, 0.29) is 6.10 Å². The zero-order chi connectivity index (χ0) is 10.6. The van der Waals surface area contributed by atoms with Crippen LogP contribution in [-0.4, -0.2) is 11.2 Å². The Morgan fingerprint density at radius 1 is 1.00 bits per heavy atom. The van der Waals surface area contributed by atoms with Crippen LogP contribution in [0.25, 0.3) is 0 Å². The molecule has 0 amide bonds. The minimum Gasteiger partial charge on any atom is -0.393 e. The van der Waals surface area contributed by atoms with Crippen molar-refractivity contribution in [1.29, 1.82) is 0 Å². The molecule has 82 valence electrons. The Labute approximate surface area is 88.9 Å². The highest BCUT2D eigenvalue weighted by molar-refractivity contribution is 4.82. The molecule has 0 aliphatic rings. The number of terminal acetylenes is 1. The molecule has 1 atom stereocenters. The van der Waals surface area contributed by atoms with Crippen LogP contribution in [0.4, 0.5) is 0 Å². The average molecular weight is 196 g/mol. The lowest BCUT2D eigenvalue weighted by Crippen LogP contribution is -1.98. The molecular formula is C13H24O. The summed E-state index contributed by atoms with van der Waals surface area (Å²) >= 11 is 0. The Hall–Kier alpha value is -0.480. The number of hydrogen-bond acceptors (Lipinski definition) is 1. The van der Waals surface area contributed by atoms with E-state index in [1.807, 2.05) is 6.92 Å². The molecule has 0 saturated heterocycles. The maximum absolute atomic E-state index is 9.03. The van der Waals surface area contributed by atoms with Crippen molar-refractivity contribution in [3.63, 3.8) is 0 Å². The lowest BCUT2D eigenvalue weighted by Gasteiger charge is -2.03. The first kappa shape index (κ1) is 13.5. The Balaban J connectivity index is 2.89. The van der Waals surface area contributed by atoms with Crippen molar-refractivity contribution in [2.24, 2.45) is 0 Å². The number of hydrogen-bond donors (Lipinski definition) is 1. The van der Waals surface area contributed by atoms with Crippen LogP contribution >= 0.6 is 0 Å². The zero-order valence-corrected chi connectivity index (χ0v) is 9.47. The summed E-state index contributed by atoms with van der Waals surface area (Å²) in [4.78, 5) is 0. The molecule has 0 aromatic heterocycles. The third-order valence-corrected chi connectivity index (χ3v) is 2.44. The standard InChI is InChI=1S/C13H24O/c1-3-4-5-6-7-8-9-10-11-12-13(2)14/h1,13-14H,4-12H2,2H3/t13-/m1/s1. The van der Waals surface area contributed by atoms with E-state index in [1.165, 1.54) is 44.9 Å². The Kier molecular flexibility index (Phi) is 10.2. The fourth-order valence-corrected chi connectivity index (χ4v) is 1.55. The largest absolute Gasteiger partial charge is 0.393 e. The van der Waals surface area contributed by atoms with Gasteiger partial charge >= 0.3 is 0 Å². The van der Waals surface area contributed by atoms with Crippen LogP contribution in [0.1, 0.15) is 64.7 Å². The first-order valence-electron chi connectivity index (χ1n) is 5.89. The van der Waals surface area contributed by atoms with E-state index in [2.05, 4.69) is 5.92 Å². The van der Waals surface area contributed by atoms with E-state index >= 15 is 0 Å². The van der Waals surface area contributed by atoms with Crippen molar-refractivity contribution in [3.05, 3.63) is 0 Å². The molecule has 14 heavy (non-hydrogen) atoms. The SMILES string of the molecule is C#CCCCCCCCCC[C@@H](C)O. The molecule has 0 unspecified atom stereocenters. The Morgan fingerprint density at radius 3 is 2.00 bits per heavy atom. The van der Waals surface area contributed by atoms with E-state index in [9.17, 15) is 0 Å². The predicted molar refractivity (Wildman–Crippen MR) is 62.1 cm³/mol. The summed E-state index contributed by atoms with van der Waals surface area (Å²) in [5.41, 5.74) is 0. The molecule has 0 bridgehead atoms. The van der Waals surface area contributed by atoms with Gasteiger partial charge < -0.3 is 5.11 Å². The Bertz CT molecular complexity index is 144. The van der Waals surface area contributed by atoms with Gasteiger partial charge in [-0.15, -0.1) is 12.3 Å². The summed E-state index contributed by atoms with van der Waals surface area (Å²) in [5, 5.41) is 9.03. The van der Waals surface area contributed by atoms with Crippen molar-refractivity contribution in [2.45, 2.75) is 70.8 Å². The van der Waals surface area contributed by atoms with Crippen LogP contribution in [0, 0.1) is 12.3 Å². The monoisotopic (exact) mass is 196 g/mol. The number of unbranched alkanes of at least 4 members (excludes halogenated alkanes) is 7. The zero-order valence-electron chi connectivity index (χ0n) is 9.47. The number of rotatable bonds is 9. The van der Waals surface area contributed by atoms with Crippen LogP contribution in [0.2, 0.25) is 0 Å². The first-order valence-corrected chi connectivity index (χ1v) is 5.89. The van der Waals surface area contributed by atoms with E-state index in [0.29, 0.717) is 0 Å². The van der Waals surface area contributed by atoms with Gasteiger partial charge in [0.2, 0.25) is 0 Å². The summed E-state index contributed by atoms with van der Waals surface area (Å²) < 4.78 is 0. The van der Waals surface area contributed by atoms with Gasteiger partial charge in [-0.05, 0) is 19.8 Å². The highest BCUT2D eigenvalue weighted by Crippen LogP contribution is 2.10. The van der Waals surface area contributed by atoms with E-state index < -0.39 is 0 Å². The van der Waals surface area contributed by atoms with Crippen LogP contribution in [-0.2, 0) is 0 Å². The van der Waals surface area contributed by atoms with Gasteiger partial charge in [-0.3, -0.25) is 0 Å². The quantitative estimate of drug-likeness (QED) is 0.442. The van der Waals surface area contributed by atoms with E-state index in [1.54, 1.807) is 0 Å². The number of aliphatic hydroxyl groups is 1. The minimum atomic E-state index is -0.120. The van der Waals surface area contributed by atoms with Crippen molar-refractivity contribution in [3.8, 4) is 12.3 Å². The van der Waals surface area contributed by atoms with Gasteiger partial charge in [-0.2, -0.15) is 0 Å². The smallest absolute Gasteiger partial charge is 0.0512 e. The highest BCUT2D eigenvalue weighted by atomic mass is 16.3. The van der Waals surface area contributed by atoms with Gasteiger partial charge in [-0.25, -0.2) is 0 Å². The molecular weight excluding hydrogens is 172 g/mol. The second-order valence-electron chi connectivity index (χ2n) is 4.07. The summed E-state index contributed by atoms with van der Waals surface area (Å²) in [6.45, 7) is 1.86. The van der Waals surface area contributed by atoms with Gasteiger partial charge in [0.25, 0.3) is 0 Å². The van der Waals surface area contributed by atoms with E-state index in [0.717, 1.165) is 12.8 Å². The molecule has 1 N–H and O–H groups in total. The second kappa shape index (κ2) is 10.6. The lowest BCUT2D eigenvalue weighted by molar-refractivity contribution is 0.180. The summed E-state index contributed by atoms with van der Waals surface area (Å²) in [5.74, 6) is 2.66. The van der Waals surface area contributed by atoms with E-state index in [4.69, 9.17) is 11.5 Å². The maximum atomic E-state index is 9.03. The summed E-state index contributed by atoms with van der Waals surface area (Å²) in [6, 6.07) is 0. The lowest BCUT2D eigenvalue weighted by atomic mass is 10.1. The Morgan fingerprint density at radius 2 is 1.50 bits per heavy atom. The fraction of sp³-hybridized carbons (Fsp3) is 0.846. The van der Waals surface area contributed by atoms with Crippen molar-refractivity contribution in [2.75, 3.05) is 0 Å². The van der Waals surface area contributed by atoms with Gasteiger partial charge in [0, 0.05) is 6.42 Å². The normalized spacial score (nSPS) is 12.4. The van der Waals surface area contributed by atoms with Crippen molar-refractivity contribution in [1.82, 2.24) is 0 Å². The molecule has 1 heteroatoms. The van der Waals surface area contributed by atoms with Gasteiger partial charge in [0.15, 0.2) is 0 Å². The fourth-order valence-electron chi connectivity index (χ4n) is 1.55. The van der Waals surface area contributed by atoms with Crippen molar-refractivity contribution < 1.29 is 5.11 Å². The first-order chi connectivity index (χ1) is 6.77. The molecule has 1 nitrogen and oxygen atoms in total. The molecule has 0 aliphatic heterocycles. The molecule has 0 rings (SSSR count). The molecule has 0 fully saturated rings.